The van der Waals surface area contributed by atoms with E-state index in [1.165, 1.54) is 12.8 Å². The monoisotopic (exact) mass is 345 g/mol. The van der Waals surface area contributed by atoms with Gasteiger partial charge in [0, 0.05) is 44.7 Å². The Morgan fingerprint density at radius 3 is 2.80 bits per heavy atom. The molecule has 3 aliphatic rings. The Hall–Kier alpha value is -1.73. The number of hydrogen-bond donors (Lipinski definition) is 0. The van der Waals surface area contributed by atoms with E-state index in [1.807, 2.05) is 4.90 Å². The standard InChI is InChI=1S/C18H27N5O2/c1-21(7-8-22-9-11-25-10-6-18(22)24)15-12-23(13-15)17-5-4-16(19-20-17)14-2-3-14/h4-5,14-15H,2-3,6-13H2,1H3. The molecule has 0 N–H and O–H groups in total. The van der Waals surface area contributed by atoms with Crippen molar-refractivity contribution in [1.82, 2.24) is 20.0 Å². The van der Waals surface area contributed by atoms with Gasteiger partial charge in [0.15, 0.2) is 5.82 Å². The molecule has 0 radical (unpaired) electrons. The molecule has 0 atom stereocenters. The van der Waals surface area contributed by atoms with Crippen molar-refractivity contribution in [2.75, 3.05) is 57.9 Å². The number of rotatable bonds is 6. The number of hydrogen-bond acceptors (Lipinski definition) is 6. The maximum absolute atomic E-state index is 12.0. The Kier molecular flexibility index (Phi) is 4.85. The summed E-state index contributed by atoms with van der Waals surface area (Å²) in [4.78, 5) is 18.6. The molecular weight excluding hydrogens is 318 g/mol. The lowest BCUT2D eigenvalue weighted by atomic mass is 10.1. The van der Waals surface area contributed by atoms with Gasteiger partial charge in [-0.2, -0.15) is 5.10 Å². The topological polar surface area (TPSA) is 61.8 Å². The first-order valence-electron chi connectivity index (χ1n) is 9.35. The van der Waals surface area contributed by atoms with Crippen molar-refractivity contribution in [3.8, 4) is 0 Å². The molecule has 0 aromatic carbocycles. The van der Waals surface area contributed by atoms with E-state index in [0.717, 1.165) is 37.7 Å². The van der Waals surface area contributed by atoms with Crippen molar-refractivity contribution >= 4 is 11.7 Å². The summed E-state index contributed by atoms with van der Waals surface area (Å²) in [6.45, 7) is 5.57. The molecule has 1 aromatic heterocycles. The molecule has 1 amide bonds. The second-order valence-electron chi connectivity index (χ2n) is 7.37. The fraction of sp³-hybridized carbons (Fsp3) is 0.722. The second-order valence-corrected chi connectivity index (χ2v) is 7.37. The predicted molar refractivity (Wildman–Crippen MR) is 94.7 cm³/mol. The van der Waals surface area contributed by atoms with Gasteiger partial charge in [-0.1, -0.05) is 0 Å². The molecule has 3 heterocycles. The number of carbonyl (C=O) groups excluding carboxylic acids is 1. The number of amides is 1. The molecule has 7 nitrogen and oxygen atoms in total. The van der Waals surface area contributed by atoms with E-state index in [-0.39, 0.29) is 5.91 Å². The Bertz CT molecular complexity index is 598. The van der Waals surface area contributed by atoms with Gasteiger partial charge in [0.1, 0.15) is 0 Å². The molecule has 0 bridgehead atoms. The SMILES string of the molecule is CN(CCN1CCOCCC1=O)C1CN(c2ccc(C3CC3)nn2)C1. The van der Waals surface area contributed by atoms with Gasteiger partial charge in [-0.15, -0.1) is 5.10 Å². The van der Waals surface area contributed by atoms with Crippen LogP contribution < -0.4 is 4.90 Å². The minimum absolute atomic E-state index is 0.215. The predicted octanol–water partition coefficient (Wildman–Crippen LogP) is 0.723. The molecule has 2 saturated heterocycles. The summed E-state index contributed by atoms with van der Waals surface area (Å²) >= 11 is 0. The Morgan fingerprint density at radius 1 is 1.24 bits per heavy atom. The van der Waals surface area contributed by atoms with Crippen LogP contribution in [0.5, 0.6) is 0 Å². The molecule has 25 heavy (non-hydrogen) atoms. The summed E-state index contributed by atoms with van der Waals surface area (Å²) < 4.78 is 5.38. The number of likely N-dealkylation sites (N-methyl/N-ethyl adjacent to an activating group) is 1. The van der Waals surface area contributed by atoms with Gasteiger partial charge in [0.2, 0.25) is 5.91 Å². The van der Waals surface area contributed by atoms with Crippen LogP contribution in [0.3, 0.4) is 0 Å². The van der Waals surface area contributed by atoms with E-state index in [4.69, 9.17) is 4.74 Å². The van der Waals surface area contributed by atoms with E-state index in [0.29, 0.717) is 38.1 Å². The van der Waals surface area contributed by atoms with Crippen molar-refractivity contribution < 1.29 is 9.53 Å². The van der Waals surface area contributed by atoms with Gasteiger partial charge in [-0.3, -0.25) is 9.69 Å². The van der Waals surface area contributed by atoms with Crippen LogP contribution in [0.25, 0.3) is 0 Å². The van der Waals surface area contributed by atoms with E-state index >= 15 is 0 Å². The Morgan fingerprint density at radius 2 is 2.08 bits per heavy atom. The third-order valence-electron chi connectivity index (χ3n) is 5.52. The smallest absolute Gasteiger partial charge is 0.225 e. The van der Waals surface area contributed by atoms with Gasteiger partial charge in [-0.05, 0) is 32.0 Å². The number of carbonyl (C=O) groups is 1. The molecule has 0 spiro atoms. The van der Waals surface area contributed by atoms with E-state index in [9.17, 15) is 4.79 Å². The summed E-state index contributed by atoms with van der Waals surface area (Å²) in [7, 11) is 2.14. The average molecular weight is 345 g/mol. The normalized spacial score (nSPS) is 22.2. The van der Waals surface area contributed by atoms with Gasteiger partial charge in [0.05, 0.1) is 25.3 Å². The summed E-state index contributed by atoms with van der Waals surface area (Å²) in [5, 5.41) is 8.75. The summed E-state index contributed by atoms with van der Waals surface area (Å²) in [6.07, 6.45) is 3.03. The highest BCUT2D eigenvalue weighted by atomic mass is 16.5. The van der Waals surface area contributed by atoms with Crippen molar-refractivity contribution in [2.24, 2.45) is 0 Å². The van der Waals surface area contributed by atoms with Crippen LogP contribution in [0.2, 0.25) is 0 Å². The first-order chi connectivity index (χ1) is 12.2. The van der Waals surface area contributed by atoms with Gasteiger partial charge in [-0.25, -0.2) is 0 Å². The lowest BCUT2D eigenvalue weighted by Gasteiger charge is -2.44. The van der Waals surface area contributed by atoms with Crippen LogP contribution in [0.4, 0.5) is 5.82 Å². The molecule has 1 saturated carbocycles. The minimum Gasteiger partial charge on any atom is -0.379 e. The minimum atomic E-state index is 0.215. The molecule has 0 unspecified atom stereocenters. The van der Waals surface area contributed by atoms with Crippen molar-refractivity contribution in [1.29, 1.82) is 0 Å². The zero-order valence-corrected chi connectivity index (χ0v) is 14.9. The molecule has 2 aliphatic heterocycles. The fourth-order valence-corrected chi connectivity index (χ4v) is 3.44. The molecule has 1 aliphatic carbocycles. The second kappa shape index (κ2) is 7.25. The van der Waals surface area contributed by atoms with Crippen LogP contribution in [-0.2, 0) is 9.53 Å². The summed E-state index contributed by atoms with van der Waals surface area (Å²) in [5.74, 6) is 1.85. The summed E-state index contributed by atoms with van der Waals surface area (Å²) in [5.41, 5.74) is 1.14. The number of nitrogens with zero attached hydrogens (tertiary/aromatic N) is 5. The molecule has 4 rings (SSSR count). The Labute approximate surface area is 148 Å². The van der Waals surface area contributed by atoms with Crippen molar-refractivity contribution in [3.05, 3.63) is 17.8 Å². The maximum atomic E-state index is 12.0. The van der Waals surface area contributed by atoms with E-state index in [1.54, 1.807) is 0 Å². The Balaban J connectivity index is 1.22. The summed E-state index contributed by atoms with van der Waals surface area (Å²) in [6, 6.07) is 4.75. The molecular formula is C18H27N5O2. The zero-order valence-electron chi connectivity index (χ0n) is 14.9. The van der Waals surface area contributed by atoms with Crippen LogP contribution in [0, 0.1) is 0 Å². The number of aromatic nitrogens is 2. The third kappa shape index (κ3) is 3.93. The van der Waals surface area contributed by atoms with E-state index in [2.05, 4.69) is 39.2 Å². The zero-order chi connectivity index (χ0) is 17.2. The highest BCUT2D eigenvalue weighted by Crippen LogP contribution is 2.38. The molecule has 1 aromatic rings. The van der Waals surface area contributed by atoms with Crippen LogP contribution >= 0.6 is 0 Å². The van der Waals surface area contributed by atoms with Crippen LogP contribution in [0.1, 0.15) is 30.9 Å². The lowest BCUT2D eigenvalue weighted by Crippen LogP contribution is -2.59. The highest BCUT2D eigenvalue weighted by Gasteiger charge is 2.32. The average Bonchev–Trinajstić information content (AvgIpc) is 3.41. The fourth-order valence-electron chi connectivity index (χ4n) is 3.44. The van der Waals surface area contributed by atoms with Gasteiger partial charge in [0.25, 0.3) is 0 Å². The largest absolute Gasteiger partial charge is 0.379 e. The lowest BCUT2D eigenvalue weighted by molar-refractivity contribution is -0.130. The molecule has 136 valence electrons. The van der Waals surface area contributed by atoms with E-state index < -0.39 is 0 Å². The van der Waals surface area contributed by atoms with Crippen molar-refractivity contribution in [3.63, 3.8) is 0 Å². The quantitative estimate of drug-likeness (QED) is 0.757. The van der Waals surface area contributed by atoms with Crippen LogP contribution in [0.15, 0.2) is 12.1 Å². The number of ether oxygens (including phenoxy) is 1. The molecule has 7 heteroatoms. The first-order valence-corrected chi connectivity index (χ1v) is 9.35. The third-order valence-corrected chi connectivity index (χ3v) is 5.52. The van der Waals surface area contributed by atoms with Gasteiger partial charge < -0.3 is 14.5 Å². The highest BCUT2D eigenvalue weighted by molar-refractivity contribution is 5.76. The van der Waals surface area contributed by atoms with Crippen molar-refractivity contribution in [2.45, 2.75) is 31.2 Å². The van der Waals surface area contributed by atoms with Gasteiger partial charge >= 0.3 is 0 Å². The van der Waals surface area contributed by atoms with Crippen LogP contribution in [-0.4, -0.2) is 84.9 Å². The number of anilines is 1. The first kappa shape index (κ1) is 16.7. The maximum Gasteiger partial charge on any atom is 0.225 e. The molecule has 3 fully saturated rings.